The highest BCUT2D eigenvalue weighted by molar-refractivity contribution is 5.78. The second-order valence-electron chi connectivity index (χ2n) is 6.26. The van der Waals surface area contributed by atoms with E-state index in [1.54, 1.807) is 20.8 Å². The number of carboxylic acid groups (broad SMARTS) is 1. The Morgan fingerprint density at radius 2 is 2.11 bits per heavy atom. The molecule has 2 heterocycles. The fraction of sp³-hybridized carbons (Fsp3) is 0.846. The summed E-state index contributed by atoms with van der Waals surface area (Å²) in [5.74, 6) is -0.886. The number of carbonyl (C=O) groups excluding carboxylic acids is 1. The fourth-order valence-electron chi connectivity index (χ4n) is 2.73. The third-order valence-electron chi connectivity index (χ3n) is 3.70. The molecule has 0 aromatic carbocycles. The fourth-order valence-corrected chi connectivity index (χ4v) is 2.73. The van der Waals surface area contributed by atoms with E-state index in [9.17, 15) is 14.7 Å². The van der Waals surface area contributed by atoms with Crippen LogP contribution in [0.5, 0.6) is 0 Å². The lowest BCUT2D eigenvalue weighted by atomic mass is 9.77. The van der Waals surface area contributed by atoms with E-state index < -0.39 is 23.1 Å². The molecule has 6 heteroatoms. The molecule has 2 aliphatic heterocycles. The number of hydrogen-bond acceptors (Lipinski definition) is 4. The number of amides is 1. The molecule has 0 saturated carbocycles. The van der Waals surface area contributed by atoms with E-state index in [0.717, 1.165) is 0 Å². The summed E-state index contributed by atoms with van der Waals surface area (Å²) in [7, 11) is 0. The van der Waals surface area contributed by atoms with Gasteiger partial charge in [0, 0.05) is 19.7 Å². The third kappa shape index (κ3) is 2.68. The molecule has 1 amide bonds. The van der Waals surface area contributed by atoms with Crippen molar-refractivity contribution in [3.63, 3.8) is 0 Å². The van der Waals surface area contributed by atoms with Crippen molar-refractivity contribution in [1.82, 2.24) is 4.90 Å². The minimum atomic E-state index is -0.963. The van der Waals surface area contributed by atoms with E-state index in [4.69, 9.17) is 9.47 Å². The van der Waals surface area contributed by atoms with E-state index in [1.165, 1.54) is 4.90 Å². The lowest BCUT2D eigenvalue weighted by Gasteiger charge is -2.40. The first-order valence-corrected chi connectivity index (χ1v) is 6.57. The van der Waals surface area contributed by atoms with Crippen molar-refractivity contribution in [2.45, 2.75) is 45.3 Å². The van der Waals surface area contributed by atoms with Crippen LogP contribution < -0.4 is 0 Å². The average Bonchev–Trinajstić information content (AvgIpc) is 2.70. The maximum atomic E-state index is 12.0. The summed E-state index contributed by atoms with van der Waals surface area (Å²) in [4.78, 5) is 25.1. The minimum Gasteiger partial charge on any atom is -0.481 e. The molecule has 1 N–H and O–H groups in total. The number of rotatable bonds is 1. The van der Waals surface area contributed by atoms with Crippen LogP contribution in [-0.4, -0.2) is 53.5 Å². The SMILES string of the molecule is CC(C)(C)OC(=O)N1CCC2OCCC2(C(=O)O)C1. The summed E-state index contributed by atoms with van der Waals surface area (Å²) < 4.78 is 10.8. The van der Waals surface area contributed by atoms with Crippen LogP contribution in [-0.2, 0) is 14.3 Å². The standard InChI is InChI=1S/C13H21NO5/c1-12(2,3)19-11(17)14-6-4-9-13(8-14,10(15)16)5-7-18-9/h9H,4-8H2,1-3H3,(H,15,16). The van der Waals surface area contributed by atoms with Crippen LogP contribution in [0.2, 0.25) is 0 Å². The Hall–Kier alpha value is -1.30. The molecule has 0 aliphatic carbocycles. The van der Waals surface area contributed by atoms with Gasteiger partial charge >= 0.3 is 12.1 Å². The number of carbonyl (C=O) groups is 2. The zero-order valence-corrected chi connectivity index (χ0v) is 11.6. The molecule has 2 rings (SSSR count). The zero-order chi connectivity index (χ0) is 14.3. The molecule has 108 valence electrons. The number of nitrogens with zero attached hydrogens (tertiary/aromatic N) is 1. The molecule has 0 radical (unpaired) electrons. The number of carboxylic acids is 1. The van der Waals surface area contributed by atoms with Gasteiger partial charge in [0.05, 0.1) is 6.10 Å². The quantitative estimate of drug-likeness (QED) is 0.782. The van der Waals surface area contributed by atoms with Crippen molar-refractivity contribution in [3.05, 3.63) is 0 Å². The maximum Gasteiger partial charge on any atom is 0.410 e. The normalized spacial score (nSPS) is 30.9. The lowest BCUT2D eigenvalue weighted by molar-refractivity contribution is -0.156. The lowest BCUT2D eigenvalue weighted by Crippen LogP contribution is -2.55. The Morgan fingerprint density at radius 1 is 1.42 bits per heavy atom. The van der Waals surface area contributed by atoms with Crippen LogP contribution in [0.4, 0.5) is 4.79 Å². The van der Waals surface area contributed by atoms with Crippen molar-refractivity contribution in [2.75, 3.05) is 19.7 Å². The van der Waals surface area contributed by atoms with E-state index in [2.05, 4.69) is 0 Å². The minimum absolute atomic E-state index is 0.169. The summed E-state index contributed by atoms with van der Waals surface area (Å²) in [5.41, 5.74) is -1.54. The number of fused-ring (bicyclic) bond motifs is 1. The van der Waals surface area contributed by atoms with Gasteiger partial charge in [-0.1, -0.05) is 0 Å². The molecule has 0 aromatic heterocycles. The number of aliphatic carboxylic acids is 1. The number of likely N-dealkylation sites (tertiary alicyclic amines) is 1. The summed E-state index contributed by atoms with van der Waals surface area (Å²) in [6.45, 7) is 6.48. The summed E-state index contributed by atoms with van der Waals surface area (Å²) in [6.07, 6.45) is 0.264. The van der Waals surface area contributed by atoms with Gasteiger partial charge in [-0.2, -0.15) is 0 Å². The molecule has 0 bridgehead atoms. The van der Waals surface area contributed by atoms with Gasteiger partial charge in [0.15, 0.2) is 0 Å². The van der Waals surface area contributed by atoms with E-state index in [0.29, 0.717) is 26.0 Å². The monoisotopic (exact) mass is 271 g/mol. The van der Waals surface area contributed by atoms with Gasteiger partial charge in [0.1, 0.15) is 11.0 Å². The maximum absolute atomic E-state index is 12.0. The van der Waals surface area contributed by atoms with Crippen LogP contribution >= 0.6 is 0 Å². The Kier molecular flexibility index (Phi) is 3.47. The molecular weight excluding hydrogens is 250 g/mol. The van der Waals surface area contributed by atoms with E-state index in [1.807, 2.05) is 0 Å². The molecule has 2 fully saturated rings. The van der Waals surface area contributed by atoms with Gasteiger partial charge in [-0.05, 0) is 33.6 Å². The average molecular weight is 271 g/mol. The highest BCUT2D eigenvalue weighted by atomic mass is 16.6. The van der Waals surface area contributed by atoms with Crippen LogP contribution in [0.1, 0.15) is 33.6 Å². The highest BCUT2D eigenvalue weighted by Gasteiger charge is 2.54. The molecule has 0 spiro atoms. The Labute approximate surface area is 112 Å². The first-order chi connectivity index (χ1) is 8.74. The molecule has 2 unspecified atom stereocenters. The van der Waals surface area contributed by atoms with Crippen LogP contribution in [0, 0.1) is 5.41 Å². The van der Waals surface area contributed by atoms with Crippen molar-refractivity contribution in [1.29, 1.82) is 0 Å². The topological polar surface area (TPSA) is 76.1 Å². The molecular formula is C13H21NO5. The van der Waals surface area contributed by atoms with Crippen LogP contribution in [0.25, 0.3) is 0 Å². The van der Waals surface area contributed by atoms with Crippen molar-refractivity contribution >= 4 is 12.1 Å². The Morgan fingerprint density at radius 3 is 2.68 bits per heavy atom. The predicted molar refractivity (Wildman–Crippen MR) is 66.8 cm³/mol. The first kappa shape index (κ1) is 14.1. The Bertz CT molecular complexity index is 389. The largest absolute Gasteiger partial charge is 0.481 e. The summed E-state index contributed by atoms with van der Waals surface area (Å²) in [6, 6.07) is 0. The number of hydrogen-bond donors (Lipinski definition) is 1. The molecule has 2 atom stereocenters. The molecule has 19 heavy (non-hydrogen) atoms. The van der Waals surface area contributed by atoms with Crippen LogP contribution in [0.15, 0.2) is 0 Å². The second kappa shape index (κ2) is 4.67. The second-order valence-corrected chi connectivity index (χ2v) is 6.26. The summed E-state index contributed by atoms with van der Waals surface area (Å²) in [5, 5.41) is 9.47. The van der Waals surface area contributed by atoms with Crippen molar-refractivity contribution in [2.24, 2.45) is 5.41 Å². The molecule has 6 nitrogen and oxygen atoms in total. The van der Waals surface area contributed by atoms with Gasteiger partial charge in [0.25, 0.3) is 0 Å². The van der Waals surface area contributed by atoms with Crippen LogP contribution in [0.3, 0.4) is 0 Å². The van der Waals surface area contributed by atoms with E-state index in [-0.39, 0.29) is 12.6 Å². The van der Waals surface area contributed by atoms with E-state index >= 15 is 0 Å². The first-order valence-electron chi connectivity index (χ1n) is 6.57. The Balaban J connectivity index is 2.10. The van der Waals surface area contributed by atoms with Gasteiger partial charge in [0.2, 0.25) is 0 Å². The van der Waals surface area contributed by atoms with Crippen molar-refractivity contribution in [3.8, 4) is 0 Å². The number of piperidine rings is 1. The van der Waals surface area contributed by atoms with Gasteiger partial charge in [-0.25, -0.2) is 4.79 Å². The molecule has 0 aromatic rings. The van der Waals surface area contributed by atoms with Gasteiger partial charge < -0.3 is 19.5 Å². The highest BCUT2D eigenvalue weighted by Crippen LogP contribution is 2.41. The molecule has 2 aliphatic rings. The smallest absolute Gasteiger partial charge is 0.410 e. The molecule has 2 saturated heterocycles. The predicted octanol–water partition coefficient (Wildman–Crippen LogP) is 1.49. The van der Waals surface area contributed by atoms with Crippen molar-refractivity contribution < 1.29 is 24.2 Å². The third-order valence-corrected chi connectivity index (χ3v) is 3.70. The number of ether oxygens (including phenoxy) is 2. The van der Waals surface area contributed by atoms with Gasteiger partial charge in [-0.3, -0.25) is 4.79 Å². The summed E-state index contributed by atoms with van der Waals surface area (Å²) >= 11 is 0. The van der Waals surface area contributed by atoms with Gasteiger partial charge in [-0.15, -0.1) is 0 Å². The zero-order valence-electron chi connectivity index (χ0n) is 11.6.